The zero-order valence-corrected chi connectivity index (χ0v) is 19.3. The quantitative estimate of drug-likeness (QED) is 0.253. The maximum absolute atomic E-state index is 12.1. The van der Waals surface area contributed by atoms with E-state index < -0.39 is 0 Å². The molecule has 1 aliphatic rings. The lowest BCUT2D eigenvalue weighted by Gasteiger charge is -2.21. The fourth-order valence-electron chi connectivity index (χ4n) is 3.30. The number of aliphatic imine (C=N–C) groups is 1. The Morgan fingerprint density at radius 3 is 2.52 bits per heavy atom. The predicted molar refractivity (Wildman–Crippen MR) is 125 cm³/mol. The van der Waals surface area contributed by atoms with Gasteiger partial charge < -0.3 is 25.4 Å². The van der Waals surface area contributed by atoms with Crippen molar-refractivity contribution in [2.45, 2.75) is 52.5 Å². The fraction of sp³-hybridized carbons (Fsp3) is 0.667. The minimum atomic E-state index is -0.0162. The van der Waals surface area contributed by atoms with Crippen molar-refractivity contribution in [2.75, 3.05) is 46.1 Å². The van der Waals surface area contributed by atoms with E-state index in [2.05, 4.69) is 34.8 Å². The Kier molecular flexibility index (Phi) is 12.7. The van der Waals surface area contributed by atoms with Gasteiger partial charge in [0.15, 0.2) is 5.96 Å². The third kappa shape index (κ3) is 10.6. The Bertz CT molecular complexity index is 643. The summed E-state index contributed by atoms with van der Waals surface area (Å²) in [6.07, 6.45) is 5.24. The second-order valence-electron chi connectivity index (χ2n) is 7.91. The van der Waals surface area contributed by atoms with Crippen molar-refractivity contribution >= 4 is 11.9 Å². The van der Waals surface area contributed by atoms with Crippen LogP contribution in [0.25, 0.3) is 0 Å². The molecule has 7 nitrogen and oxygen atoms in total. The first-order valence-corrected chi connectivity index (χ1v) is 11.8. The molecule has 1 heterocycles. The molecule has 0 radical (unpaired) electrons. The van der Waals surface area contributed by atoms with Crippen LogP contribution in [0.1, 0.15) is 61.9 Å². The monoisotopic (exact) mass is 432 g/mol. The molecule has 0 unspecified atom stereocenters. The lowest BCUT2D eigenvalue weighted by Crippen LogP contribution is -2.38. The van der Waals surface area contributed by atoms with Gasteiger partial charge in [-0.15, -0.1) is 0 Å². The van der Waals surface area contributed by atoms with Crippen molar-refractivity contribution in [3.05, 3.63) is 35.4 Å². The van der Waals surface area contributed by atoms with E-state index in [0.717, 1.165) is 89.7 Å². The van der Waals surface area contributed by atoms with Gasteiger partial charge in [-0.3, -0.25) is 4.79 Å². The van der Waals surface area contributed by atoms with E-state index in [4.69, 9.17) is 9.47 Å². The summed E-state index contributed by atoms with van der Waals surface area (Å²) < 4.78 is 11.2. The molecule has 1 aliphatic heterocycles. The second kappa shape index (κ2) is 15.6. The Morgan fingerprint density at radius 2 is 1.81 bits per heavy atom. The highest BCUT2D eigenvalue weighted by Crippen LogP contribution is 2.14. The normalized spacial score (nSPS) is 15.0. The van der Waals surface area contributed by atoms with E-state index in [9.17, 15) is 4.79 Å². The molecule has 7 heteroatoms. The minimum absolute atomic E-state index is 0.0162. The van der Waals surface area contributed by atoms with E-state index in [1.54, 1.807) is 0 Å². The Morgan fingerprint density at radius 1 is 1.06 bits per heavy atom. The summed E-state index contributed by atoms with van der Waals surface area (Å²) in [6.45, 7) is 10.4. The average molecular weight is 433 g/mol. The van der Waals surface area contributed by atoms with E-state index in [1.807, 2.05) is 24.3 Å². The Balaban J connectivity index is 1.67. The maximum atomic E-state index is 12.1. The molecular weight excluding hydrogens is 392 g/mol. The summed E-state index contributed by atoms with van der Waals surface area (Å²) in [4.78, 5) is 16.7. The lowest BCUT2D eigenvalue weighted by atomic mass is 10.0. The Labute approximate surface area is 187 Å². The number of hydrogen-bond donors (Lipinski definition) is 3. The largest absolute Gasteiger partial charge is 0.381 e. The van der Waals surface area contributed by atoms with Gasteiger partial charge in [0.2, 0.25) is 0 Å². The van der Waals surface area contributed by atoms with Crippen LogP contribution in [-0.2, 0) is 16.0 Å². The van der Waals surface area contributed by atoms with Gasteiger partial charge in [0.1, 0.15) is 0 Å². The van der Waals surface area contributed by atoms with Crippen LogP contribution in [0, 0.1) is 5.92 Å². The molecule has 0 atom stereocenters. The highest BCUT2D eigenvalue weighted by Gasteiger charge is 2.13. The van der Waals surface area contributed by atoms with Crippen LogP contribution in [0.3, 0.4) is 0 Å². The number of carbonyl (C=O) groups is 1. The van der Waals surface area contributed by atoms with Crippen molar-refractivity contribution < 1.29 is 14.3 Å². The van der Waals surface area contributed by atoms with Crippen molar-refractivity contribution in [2.24, 2.45) is 10.9 Å². The molecule has 1 amide bonds. The average Bonchev–Trinajstić information content (AvgIpc) is 2.80. The molecule has 31 heavy (non-hydrogen) atoms. The maximum Gasteiger partial charge on any atom is 0.251 e. The molecule has 2 rings (SSSR count). The molecule has 1 saturated heterocycles. The Hall–Kier alpha value is -2.12. The molecule has 174 valence electrons. The van der Waals surface area contributed by atoms with Crippen LogP contribution in [0.5, 0.6) is 0 Å². The number of nitrogens with one attached hydrogen (secondary N) is 3. The molecular formula is C24H40N4O3. The van der Waals surface area contributed by atoms with Gasteiger partial charge in [-0.2, -0.15) is 0 Å². The van der Waals surface area contributed by atoms with Crippen molar-refractivity contribution in [3.63, 3.8) is 0 Å². The van der Waals surface area contributed by atoms with Crippen LogP contribution in [0.4, 0.5) is 0 Å². The van der Waals surface area contributed by atoms with Crippen LogP contribution in [-0.4, -0.2) is 57.9 Å². The van der Waals surface area contributed by atoms with Gasteiger partial charge in [-0.05, 0) is 56.2 Å². The number of guanidine groups is 1. The number of carbonyl (C=O) groups excluding carboxylic acids is 1. The summed E-state index contributed by atoms with van der Waals surface area (Å²) in [5.41, 5.74) is 1.76. The van der Waals surface area contributed by atoms with Gasteiger partial charge in [-0.1, -0.05) is 25.5 Å². The van der Waals surface area contributed by atoms with E-state index in [1.165, 1.54) is 0 Å². The summed E-state index contributed by atoms with van der Waals surface area (Å²) in [5.74, 6) is 1.43. The number of amides is 1. The van der Waals surface area contributed by atoms with Crippen molar-refractivity contribution in [1.82, 2.24) is 16.0 Å². The molecule has 1 fully saturated rings. The highest BCUT2D eigenvalue weighted by molar-refractivity contribution is 5.94. The number of hydrogen-bond acceptors (Lipinski definition) is 4. The number of nitrogens with zero attached hydrogens (tertiary/aromatic N) is 1. The first-order valence-electron chi connectivity index (χ1n) is 11.8. The number of unbranched alkanes of at least 4 members (excludes halogenated alkanes) is 1. The minimum Gasteiger partial charge on any atom is -0.381 e. The molecule has 1 aromatic carbocycles. The zero-order chi connectivity index (χ0) is 22.2. The van der Waals surface area contributed by atoms with Crippen LogP contribution < -0.4 is 16.0 Å². The topological polar surface area (TPSA) is 84.0 Å². The molecule has 0 spiro atoms. The molecule has 3 N–H and O–H groups in total. The molecule has 0 aliphatic carbocycles. The van der Waals surface area contributed by atoms with E-state index in [-0.39, 0.29) is 5.91 Å². The summed E-state index contributed by atoms with van der Waals surface area (Å²) in [5, 5.41) is 9.58. The van der Waals surface area contributed by atoms with Gasteiger partial charge in [-0.25, -0.2) is 4.99 Å². The van der Waals surface area contributed by atoms with Gasteiger partial charge in [0, 0.05) is 51.6 Å². The number of benzene rings is 1. The second-order valence-corrected chi connectivity index (χ2v) is 7.91. The smallest absolute Gasteiger partial charge is 0.251 e. The fourth-order valence-corrected chi connectivity index (χ4v) is 3.30. The van der Waals surface area contributed by atoms with Gasteiger partial charge >= 0.3 is 0 Å². The molecule has 0 bridgehead atoms. The third-order valence-electron chi connectivity index (χ3n) is 5.25. The molecule has 1 aromatic rings. The standard InChI is InChI=1S/C24H40N4O3/c1-3-5-13-26-23(29)22-9-7-20(8-10-22)18-28-24(25-4-2)27-14-6-15-31-19-21-11-16-30-17-12-21/h7-10,21H,3-6,11-19H2,1-2H3,(H,26,29)(H2,25,27,28). The lowest BCUT2D eigenvalue weighted by molar-refractivity contribution is 0.0203. The number of rotatable bonds is 13. The SMILES string of the molecule is CCCCNC(=O)c1ccc(CN=C(NCC)NCCCOCC2CCOCC2)cc1. The molecule has 0 aromatic heterocycles. The predicted octanol–water partition coefficient (Wildman–Crippen LogP) is 3.10. The van der Waals surface area contributed by atoms with Crippen LogP contribution in [0.2, 0.25) is 0 Å². The highest BCUT2D eigenvalue weighted by atomic mass is 16.5. The van der Waals surface area contributed by atoms with Crippen molar-refractivity contribution in [1.29, 1.82) is 0 Å². The van der Waals surface area contributed by atoms with Crippen molar-refractivity contribution in [3.8, 4) is 0 Å². The first-order chi connectivity index (χ1) is 15.2. The number of ether oxygens (including phenoxy) is 2. The van der Waals surface area contributed by atoms with Crippen LogP contribution >= 0.6 is 0 Å². The third-order valence-corrected chi connectivity index (χ3v) is 5.25. The van der Waals surface area contributed by atoms with Crippen LogP contribution in [0.15, 0.2) is 29.3 Å². The van der Waals surface area contributed by atoms with Gasteiger partial charge in [0.25, 0.3) is 5.91 Å². The first kappa shape index (κ1) is 25.1. The summed E-state index contributed by atoms with van der Waals surface area (Å²) in [7, 11) is 0. The summed E-state index contributed by atoms with van der Waals surface area (Å²) in [6, 6.07) is 7.66. The van der Waals surface area contributed by atoms with E-state index >= 15 is 0 Å². The summed E-state index contributed by atoms with van der Waals surface area (Å²) >= 11 is 0. The molecule has 0 saturated carbocycles. The van der Waals surface area contributed by atoms with Gasteiger partial charge in [0.05, 0.1) is 6.54 Å². The van der Waals surface area contributed by atoms with E-state index in [0.29, 0.717) is 18.0 Å². The zero-order valence-electron chi connectivity index (χ0n) is 19.3.